The number of rotatable bonds is 2. The maximum absolute atomic E-state index is 3.57. The Kier molecular flexibility index (Phi) is 4.84. The van der Waals surface area contributed by atoms with E-state index < -0.39 is 0 Å². The third-order valence-electron chi connectivity index (χ3n) is 3.54. The Balaban J connectivity index is 0.00000144. The highest BCUT2D eigenvalue weighted by molar-refractivity contribution is 5.85. The molecule has 1 aromatic carbocycles. The van der Waals surface area contributed by atoms with Crippen molar-refractivity contribution < 1.29 is 0 Å². The van der Waals surface area contributed by atoms with Gasteiger partial charge in [0, 0.05) is 24.3 Å². The lowest BCUT2D eigenvalue weighted by molar-refractivity contribution is 0.272. The molecule has 1 atom stereocenters. The van der Waals surface area contributed by atoms with E-state index in [0.29, 0.717) is 6.04 Å². The maximum atomic E-state index is 3.57. The zero-order chi connectivity index (χ0) is 11.6. The van der Waals surface area contributed by atoms with Crippen molar-refractivity contribution in [2.45, 2.75) is 38.3 Å². The Morgan fingerprint density at radius 1 is 1.24 bits per heavy atom. The summed E-state index contributed by atoms with van der Waals surface area (Å²) >= 11 is 0. The first kappa shape index (κ1) is 14.3. The van der Waals surface area contributed by atoms with Gasteiger partial charge in [0.25, 0.3) is 0 Å². The number of anilines is 1. The summed E-state index contributed by atoms with van der Waals surface area (Å²) in [4.78, 5) is 2.42. The van der Waals surface area contributed by atoms with Crippen LogP contribution < -0.4 is 10.2 Å². The van der Waals surface area contributed by atoms with Crippen LogP contribution in [0.3, 0.4) is 0 Å². The first-order chi connectivity index (χ1) is 7.58. The molecule has 1 aliphatic rings. The van der Waals surface area contributed by atoms with Crippen LogP contribution in [0.2, 0.25) is 0 Å². The number of para-hydroxylation sites is 1. The van der Waals surface area contributed by atoms with E-state index >= 15 is 0 Å². The van der Waals surface area contributed by atoms with Crippen molar-refractivity contribution in [1.82, 2.24) is 5.32 Å². The fourth-order valence-corrected chi connectivity index (χ4v) is 2.54. The van der Waals surface area contributed by atoms with Crippen molar-refractivity contribution in [2.24, 2.45) is 0 Å². The van der Waals surface area contributed by atoms with Crippen LogP contribution in [0.25, 0.3) is 0 Å². The van der Waals surface area contributed by atoms with E-state index in [-0.39, 0.29) is 17.9 Å². The average molecular weight is 255 g/mol. The van der Waals surface area contributed by atoms with Gasteiger partial charge in [-0.05, 0) is 45.4 Å². The molecule has 3 heteroatoms. The van der Waals surface area contributed by atoms with Crippen LogP contribution in [0, 0.1) is 0 Å². The van der Waals surface area contributed by atoms with Crippen LogP contribution in [0.1, 0.15) is 26.7 Å². The smallest absolute Gasteiger partial charge is 0.0366 e. The van der Waals surface area contributed by atoms with Crippen molar-refractivity contribution in [3.8, 4) is 0 Å². The molecule has 0 spiro atoms. The van der Waals surface area contributed by atoms with Gasteiger partial charge in [-0.1, -0.05) is 18.2 Å². The molecule has 1 heterocycles. The summed E-state index contributed by atoms with van der Waals surface area (Å²) in [5.74, 6) is 0. The second-order valence-electron chi connectivity index (χ2n) is 5.40. The highest BCUT2D eigenvalue weighted by atomic mass is 35.5. The molecule has 0 aliphatic carbocycles. The van der Waals surface area contributed by atoms with E-state index in [1.807, 2.05) is 0 Å². The normalized spacial score (nSPS) is 22.6. The zero-order valence-electron chi connectivity index (χ0n) is 10.9. The van der Waals surface area contributed by atoms with Crippen LogP contribution in [0.4, 0.5) is 5.69 Å². The Morgan fingerprint density at radius 2 is 1.88 bits per heavy atom. The van der Waals surface area contributed by atoms with E-state index in [1.54, 1.807) is 0 Å². The molecule has 0 bridgehead atoms. The lowest BCUT2D eigenvalue weighted by atomic mass is 9.88. The quantitative estimate of drug-likeness (QED) is 0.873. The third kappa shape index (κ3) is 3.62. The summed E-state index contributed by atoms with van der Waals surface area (Å²) in [6.45, 7) is 5.70. The van der Waals surface area contributed by atoms with Crippen LogP contribution in [-0.4, -0.2) is 25.2 Å². The highest BCUT2D eigenvalue weighted by Crippen LogP contribution is 2.25. The molecule has 0 aromatic heterocycles. The van der Waals surface area contributed by atoms with Gasteiger partial charge in [0.2, 0.25) is 0 Å². The van der Waals surface area contributed by atoms with Crippen molar-refractivity contribution in [3.05, 3.63) is 30.3 Å². The molecule has 0 amide bonds. The van der Waals surface area contributed by atoms with Crippen molar-refractivity contribution in [1.29, 1.82) is 0 Å². The molecule has 0 radical (unpaired) electrons. The van der Waals surface area contributed by atoms with Crippen LogP contribution >= 0.6 is 12.4 Å². The molecule has 1 saturated heterocycles. The second-order valence-corrected chi connectivity index (χ2v) is 5.40. The lowest BCUT2D eigenvalue weighted by Crippen LogP contribution is -2.52. The number of nitrogens with zero attached hydrogens (tertiary/aromatic N) is 1. The highest BCUT2D eigenvalue weighted by Gasteiger charge is 2.29. The summed E-state index contributed by atoms with van der Waals surface area (Å²) in [6.07, 6.45) is 2.44. The summed E-state index contributed by atoms with van der Waals surface area (Å²) in [6, 6.07) is 11.3. The number of halogens is 1. The van der Waals surface area contributed by atoms with E-state index in [1.165, 1.54) is 18.5 Å². The van der Waals surface area contributed by atoms with E-state index in [9.17, 15) is 0 Å². The summed E-state index contributed by atoms with van der Waals surface area (Å²) in [5, 5.41) is 3.57. The Labute approximate surface area is 111 Å². The molecule has 17 heavy (non-hydrogen) atoms. The van der Waals surface area contributed by atoms with Crippen molar-refractivity contribution in [3.63, 3.8) is 0 Å². The minimum absolute atomic E-state index is 0. The van der Waals surface area contributed by atoms with Crippen LogP contribution in [0.15, 0.2) is 30.3 Å². The van der Waals surface area contributed by atoms with Gasteiger partial charge in [0.05, 0.1) is 0 Å². The molecule has 1 N–H and O–H groups in total. The molecule has 2 nitrogen and oxygen atoms in total. The molecule has 1 unspecified atom stereocenters. The van der Waals surface area contributed by atoms with Crippen LogP contribution in [-0.2, 0) is 0 Å². The number of hydrogen-bond acceptors (Lipinski definition) is 2. The summed E-state index contributed by atoms with van der Waals surface area (Å²) in [7, 11) is 2.21. The number of piperidine rings is 1. The van der Waals surface area contributed by atoms with E-state index in [2.05, 4.69) is 61.4 Å². The molecule has 1 aliphatic heterocycles. The largest absolute Gasteiger partial charge is 0.371 e. The zero-order valence-corrected chi connectivity index (χ0v) is 11.8. The molecule has 1 fully saturated rings. The number of hydrogen-bond donors (Lipinski definition) is 1. The average Bonchev–Trinajstić information content (AvgIpc) is 2.28. The molecule has 1 aromatic rings. The Bertz CT molecular complexity index is 337. The van der Waals surface area contributed by atoms with E-state index in [4.69, 9.17) is 0 Å². The van der Waals surface area contributed by atoms with Gasteiger partial charge in [-0.2, -0.15) is 0 Å². The van der Waals surface area contributed by atoms with Crippen molar-refractivity contribution in [2.75, 3.05) is 18.5 Å². The fourth-order valence-electron chi connectivity index (χ4n) is 2.54. The number of benzene rings is 1. The summed E-state index contributed by atoms with van der Waals surface area (Å²) < 4.78 is 0. The lowest BCUT2D eigenvalue weighted by Gasteiger charge is -2.41. The number of nitrogens with one attached hydrogen (secondary N) is 1. The molecular formula is C14H23ClN2. The molecule has 2 rings (SSSR count). The minimum atomic E-state index is 0. The molecular weight excluding hydrogens is 232 g/mol. The topological polar surface area (TPSA) is 15.3 Å². The maximum Gasteiger partial charge on any atom is 0.0366 e. The van der Waals surface area contributed by atoms with Gasteiger partial charge in [-0.3, -0.25) is 0 Å². The fraction of sp³-hybridized carbons (Fsp3) is 0.571. The second kappa shape index (κ2) is 5.74. The Hall–Kier alpha value is -0.730. The summed E-state index contributed by atoms with van der Waals surface area (Å²) in [5.41, 5.74) is 1.59. The van der Waals surface area contributed by atoms with Gasteiger partial charge >= 0.3 is 0 Å². The third-order valence-corrected chi connectivity index (χ3v) is 3.54. The predicted molar refractivity (Wildman–Crippen MR) is 77.2 cm³/mol. The molecule has 0 saturated carbocycles. The van der Waals surface area contributed by atoms with Crippen molar-refractivity contribution >= 4 is 18.1 Å². The van der Waals surface area contributed by atoms with Gasteiger partial charge in [-0.15, -0.1) is 12.4 Å². The minimum Gasteiger partial charge on any atom is -0.371 e. The standard InChI is InChI=1S/C14H22N2.ClH/c1-14(2)11-13(9-10-15-14)16(3)12-7-5-4-6-8-12;/h4-8,13,15H,9-11H2,1-3H3;1H. The first-order valence-electron chi connectivity index (χ1n) is 6.11. The molecule has 96 valence electrons. The predicted octanol–water partition coefficient (Wildman–Crippen LogP) is 3.08. The first-order valence-corrected chi connectivity index (χ1v) is 6.11. The van der Waals surface area contributed by atoms with E-state index in [0.717, 1.165) is 6.54 Å². The van der Waals surface area contributed by atoms with Gasteiger partial charge in [0.1, 0.15) is 0 Å². The van der Waals surface area contributed by atoms with Gasteiger partial charge < -0.3 is 10.2 Å². The van der Waals surface area contributed by atoms with Gasteiger partial charge in [-0.25, -0.2) is 0 Å². The monoisotopic (exact) mass is 254 g/mol. The SMILES string of the molecule is CN(c1ccccc1)C1CCNC(C)(C)C1.Cl. The van der Waals surface area contributed by atoms with Gasteiger partial charge in [0.15, 0.2) is 0 Å². The van der Waals surface area contributed by atoms with Crippen LogP contribution in [0.5, 0.6) is 0 Å². The Morgan fingerprint density at radius 3 is 2.47 bits per heavy atom.